The van der Waals surface area contributed by atoms with Crippen molar-refractivity contribution < 1.29 is 23.9 Å². The number of aromatic amines is 2. The highest BCUT2D eigenvalue weighted by molar-refractivity contribution is 5.95. The van der Waals surface area contributed by atoms with E-state index in [1.54, 1.807) is 0 Å². The van der Waals surface area contributed by atoms with Gasteiger partial charge in [-0.3, -0.25) is 19.3 Å². The molecule has 4 aliphatic heterocycles. The number of hydrogen-bond acceptors (Lipinski definition) is 6. The molecule has 9 heteroatoms. The van der Waals surface area contributed by atoms with Crippen LogP contribution in [0.3, 0.4) is 0 Å². The number of H-pyrrole nitrogens is 2. The third-order valence-electron chi connectivity index (χ3n) is 13.8. The summed E-state index contributed by atoms with van der Waals surface area (Å²) in [5.74, 6) is -0.386. The van der Waals surface area contributed by atoms with Crippen LogP contribution in [0.5, 0.6) is 0 Å². The molecule has 2 aliphatic carbocycles. The molecule has 0 radical (unpaired) electrons. The maximum absolute atomic E-state index is 14.1. The number of piperidine rings is 3. The highest BCUT2D eigenvalue weighted by atomic mass is 16.5. The Balaban J connectivity index is 1.23. The van der Waals surface area contributed by atoms with Gasteiger partial charge in [0.25, 0.3) is 0 Å². The van der Waals surface area contributed by atoms with Crippen molar-refractivity contribution in [3.63, 3.8) is 0 Å². The first kappa shape index (κ1) is 32.5. The molecule has 4 fully saturated rings. The summed E-state index contributed by atoms with van der Waals surface area (Å²) in [6, 6.07) is 15.1. The monoisotopic (exact) mass is 688 g/mol. The van der Waals surface area contributed by atoms with Crippen LogP contribution in [-0.4, -0.2) is 84.1 Å². The van der Waals surface area contributed by atoms with Crippen LogP contribution >= 0.6 is 0 Å². The lowest BCUT2D eigenvalue weighted by Gasteiger charge is -2.57. The Morgan fingerprint density at radius 1 is 1.02 bits per heavy atom. The first-order valence-corrected chi connectivity index (χ1v) is 18.8. The predicted molar refractivity (Wildman–Crippen MR) is 195 cm³/mol. The molecule has 4 aromatic rings. The van der Waals surface area contributed by atoms with Gasteiger partial charge in [0.15, 0.2) is 0 Å². The van der Waals surface area contributed by atoms with Gasteiger partial charge in [-0.15, -0.1) is 0 Å². The summed E-state index contributed by atoms with van der Waals surface area (Å²) in [4.78, 5) is 53.5. The van der Waals surface area contributed by atoms with Crippen LogP contribution in [0.2, 0.25) is 0 Å². The number of rotatable bonds is 4. The van der Waals surface area contributed by atoms with Crippen LogP contribution in [0.15, 0.2) is 54.1 Å². The number of likely N-dealkylation sites (tertiary alicyclic amines) is 1. The van der Waals surface area contributed by atoms with E-state index in [0.29, 0.717) is 19.4 Å². The van der Waals surface area contributed by atoms with E-state index < -0.39 is 5.41 Å². The Hall–Kier alpha value is -4.37. The topological polar surface area (TPSA) is 108 Å². The van der Waals surface area contributed by atoms with Crippen LogP contribution in [0.1, 0.15) is 73.5 Å². The molecule has 2 aromatic carbocycles. The van der Waals surface area contributed by atoms with Crippen LogP contribution in [-0.2, 0) is 42.1 Å². The molecule has 266 valence electrons. The molecule has 6 bridgehead atoms. The minimum absolute atomic E-state index is 0.00536. The molecule has 8 unspecified atom stereocenters. The first-order valence-electron chi connectivity index (χ1n) is 18.8. The highest BCUT2D eigenvalue weighted by Crippen LogP contribution is 2.56. The van der Waals surface area contributed by atoms with E-state index in [9.17, 15) is 14.4 Å². The fraction of sp³-hybridized carbons (Fsp3) is 0.500. The van der Waals surface area contributed by atoms with Gasteiger partial charge < -0.3 is 24.3 Å². The van der Waals surface area contributed by atoms with E-state index >= 15 is 0 Å². The SMILES string of the molecule is CC=C1CN(C)C2Cc3c([nH]c4ccccc34)C(c3ccc4c5c([nH]c4c3)C3(C(=O)OC)CC4CC(CC)C3N(CC5)C4=O)CC1C2C(=O)OC. The van der Waals surface area contributed by atoms with Crippen LogP contribution in [0.4, 0.5) is 0 Å². The molecule has 6 heterocycles. The maximum atomic E-state index is 14.1. The van der Waals surface area contributed by atoms with E-state index in [-0.39, 0.29) is 59.5 Å². The third-order valence-corrected chi connectivity index (χ3v) is 13.8. The predicted octanol–water partition coefficient (Wildman–Crippen LogP) is 6.01. The molecule has 9 nitrogen and oxygen atoms in total. The molecular weight excluding hydrogens is 640 g/mol. The molecule has 3 saturated heterocycles. The molecule has 51 heavy (non-hydrogen) atoms. The summed E-state index contributed by atoms with van der Waals surface area (Å²) in [5, 5.41) is 2.31. The van der Waals surface area contributed by atoms with E-state index in [0.717, 1.165) is 59.9 Å². The summed E-state index contributed by atoms with van der Waals surface area (Å²) >= 11 is 0. The number of aromatic nitrogens is 2. The van der Waals surface area contributed by atoms with Gasteiger partial charge in [0.2, 0.25) is 5.91 Å². The number of amides is 1. The van der Waals surface area contributed by atoms with Crippen molar-refractivity contribution in [3.8, 4) is 0 Å². The molecule has 2 N–H and O–H groups in total. The summed E-state index contributed by atoms with van der Waals surface area (Å²) in [5.41, 5.74) is 8.19. The Bertz CT molecular complexity index is 2130. The van der Waals surface area contributed by atoms with Gasteiger partial charge in [0.1, 0.15) is 5.41 Å². The normalized spacial score (nSPS) is 32.3. The Labute approximate surface area is 298 Å². The summed E-state index contributed by atoms with van der Waals surface area (Å²) in [6.07, 6.45) is 6.64. The van der Waals surface area contributed by atoms with E-state index in [1.165, 1.54) is 42.0 Å². The molecule has 1 saturated carbocycles. The van der Waals surface area contributed by atoms with Crippen molar-refractivity contribution in [2.45, 2.75) is 75.8 Å². The molecule has 2 aromatic heterocycles. The summed E-state index contributed by atoms with van der Waals surface area (Å²) in [7, 11) is 5.13. The smallest absolute Gasteiger partial charge is 0.319 e. The maximum Gasteiger partial charge on any atom is 0.319 e. The molecular formula is C42H48N4O5. The van der Waals surface area contributed by atoms with Crippen LogP contribution in [0, 0.1) is 23.7 Å². The van der Waals surface area contributed by atoms with Crippen molar-refractivity contribution in [2.75, 3.05) is 34.4 Å². The number of para-hydroxylation sites is 1. The van der Waals surface area contributed by atoms with Gasteiger partial charge in [-0.1, -0.05) is 55.3 Å². The average molecular weight is 689 g/mol. The van der Waals surface area contributed by atoms with Crippen LogP contribution < -0.4 is 0 Å². The summed E-state index contributed by atoms with van der Waals surface area (Å²) in [6.45, 7) is 5.69. The van der Waals surface area contributed by atoms with Crippen molar-refractivity contribution >= 4 is 39.7 Å². The fourth-order valence-corrected chi connectivity index (χ4v) is 11.6. The average Bonchev–Trinajstić information content (AvgIpc) is 3.66. The zero-order valence-corrected chi connectivity index (χ0v) is 30.3. The van der Waals surface area contributed by atoms with Crippen molar-refractivity contribution in [1.82, 2.24) is 19.8 Å². The quantitative estimate of drug-likeness (QED) is 0.201. The Kier molecular flexibility index (Phi) is 7.55. The van der Waals surface area contributed by atoms with Gasteiger partial charge in [-0.25, -0.2) is 0 Å². The van der Waals surface area contributed by atoms with Gasteiger partial charge in [-0.2, -0.15) is 0 Å². The Morgan fingerprint density at radius 3 is 2.59 bits per heavy atom. The zero-order chi connectivity index (χ0) is 35.3. The number of methoxy groups -OCH3 is 2. The van der Waals surface area contributed by atoms with Gasteiger partial charge in [-0.05, 0) is 86.7 Å². The first-order chi connectivity index (χ1) is 24.7. The molecule has 6 aliphatic rings. The minimum atomic E-state index is -0.917. The standard InChI is InChI=1S/C42H48N4O5/c1-6-22-16-25-20-42(41(49)51-5)37-28(14-15-46(38(22)42)39(25)47)27-13-12-24(17-33(27)44-37)30-18-29-23(7-2)21-45(3)34(35(29)40(48)50-4)19-31-26-10-8-9-11-32(26)43-36(30)31/h7-13,17,22,25,29-30,34-35,38,43-44H,6,14-16,18-21H2,1-5H3. The number of nitrogens with one attached hydrogen (secondary N) is 2. The number of hydrogen-bond donors (Lipinski definition) is 2. The van der Waals surface area contributed by atoms with Crippen molar-refractivity contribution in [1.29, 1.82) is 0 Å². The highest BCUT2D eigenvalue weighted by Gasteiger charge is 2.65. The van der Waals surface area contributed by atoms with Crippen LogP contribution in [0.25, 0.3) is 21.8 Å². The number of likely N-dealkylation sites (N-methyl/N-ethyl adjacent to an activating group) is 1. The second kappa shape index (κ2) is 11.8. The Morgan fingerprint density at radius 2 is 1.82 bits per heavy atom. The number of benzene rings is 2. The largest absolute Gasteiger partial charge is 0.469 e. The number of esters is 2. The van der Waals surface area contributed by atoms with E-state index in [1.807, 2.05) is 4.90 Å². The van der Waals surface area contributed by atoms with Gasteiger partial charge >= 0.3 is 11.9 Å². The van der Waals surface area contributed by atoms with Gasteiger partial charge in [0.05, 0.1) is 26.2 Å². The summed E-state index contributed by atoms with van der Waals surface area (Å²) < 4.78 is 11.1. The molecule has 10 rings (SSSR count). The third kappa shape index (κ3) is 4.46. The van der Waals surface area contributed by atoms with Crippen molar-refractivity contribution in [3.05, 3.63) is 82.2 Å². The van der Waals surface area contributed by atoms with Crippen molar-refractivity contribution in [2.24, 2.45) is 23.7 Å². The molecule has 1 amide bonds. The second-order valence-corrected chi connectivity index (χ2v) is 15.8. The number of allylic oxidation sites excluding steroid dienone is 1. The minimum Gasteiger partial charge on any atom is -0.469 e. The lowest BCUT2D eigenvalue weighted by atomic mass is 9.56. The zero-order valence-electron chi connectivity index (χ0n) is 30.3. The number of nitrogens with zero attached hydrogens (tertiary/aromatic N) is 2. The fourth-order valence-electron chi connectivity index (χ4n) is 11.6. The number of carbonyl (C=O) groups excluding carboxylic acids is 3. The lowest BCUT2D eigenvalue weighted by molar-refractivity contribution is -0.172. The van der Waals surface area contributed by atoms with E-state index in [2.05, 4.69) is 84.3 Å². The van der Waals surface area contributed by atoms with E-state index in [4.69, 9.17) is 9.47 Å². The number of fused-ring (bicyclic) bond motifs is 9. The number of carbonyl (C=O) groups is 3. The number of ether oxygens (including phenoxy) is 2. The molecule has 8 atom stereocenters. The second-order valence-electron chi connectivity index (χ2n) is 15.8. The lowest BCUT2D eigenvalue weighted by Crippen LogP contribution is -2.69. The molecule has 0 spiro atoms. The van der Waals surface area contributed by atoms with Gasteiger partial charge in [0, 0.05) is 64.2 Å².